The number of carbonyl (C=O) groups is 9. The van der Waals surface area contributed by atoms with Gasteiger partial charge in [0, 0.05) is 51.0 Å². The molecule has 0 bridgehead atoms. The molecule has 1 saturated carbocycles. The molecule has 1 aliphatic carbocycles. The molecule has 10 rings (SSSR count). The van der Waals surface area contributed by atoms with Gasteiger partial charge in [-0.3, -0.25) is 33.6 Å². The second-order valence-corrected chi connectivity index (χ2v) is 28.2. The predicted octanol–water partition coefficient (Wildman–Crippen LogP) is 22.2. The summed E-state index contributed by atoms with van der Waals surface area (Å²) in [6.45, 7) is 22.5. The highest BCUT2D eigenvalue weighted by Crippen LogP contribution is 2.34. The number of aryl methyl sites for hydroxylation is 3. The second-order valence-electron chi connectivity index (χ2n) is 27.1. The van der Waals surface area contributed by atoms with Gasteiger partial charge in [0.1, 0.15) is 92.2 Å². The fraction of sp³-hybridized carbons (Fsp3) is 0.376. The first-order chi connectivity index (χ1) is 59.7. The number of para-hydroxylation sites is 5. The van der Waals surface area contributed by atoms with E-state index in [2.05, 4.69) is 65.8 Å². The monoisotopic (exact) mass is 1690 g/mol. The van der Waals surface area contributed by atoms with Crippen molar-refractivity contribution < 1.29 is 94.9 Å². The zero-order valence-corrected chi connectivity index (χ0v) is 73.5. The zero-order valence-electron chi connectivity index (χ0n) is 72.7. The SMILES string of the molecule is CC1CCC(C=O)CC1.CCCCOc1cccc(C=O)c1.CCCCc1ccccc1OCC=O.CCCOc1cc(F)ccc1OCC=O.CCCOc1cccc(OCC=O)c1.CCCOc1ccccc1CC=O.CCCOc1ccccc1OCC=O.CCCc1ccccc1OCC=O.CCc1ccccc1Sc1ccccc1C=O. The highest BCUT2D eigenvalue weighted by Gasteiger charge is 2.17. The number of unbranched alkanes of at least 4 members (excludes halogenated alkanes) is 2. The Morgan fingerprint density at radius 3 is 1.25 bits per heavy atom. The van der Waals surface area contributed by atoms with Crippen LogP contribution in [0.3, 0.4) is 0 Å². The molecule has 19 nitrogen and oxygen atoms in total. The number of ether oxygens (including phenoxy) is 10. The third-order valence-corrected chi connectivity index (χ3v) is 18.3. The lowest BCUT2D eigenvalue weighted by molar-refractivity contribution is -0.112. The van der Waals surface area contributed by atoms with Crippen molar-refractivity contribution in [3.8, 4) is 57.5 Å². The molecular weight excluding hydrogens is 1570 g/mol. The fourth-order valence-electron chi connectivity index (χ4n) is 10.9. The van der Waals surface area contributed by atoms with Crippen molar-refractivity contribution in [3.05, 3.63) is 252 Å². The van der Waals surface area contributed by atoms with E-state index < -0.39 is 0 Å². The van der Waals surface area contributed by atoms with Crippen molar-refractivity contribution >= 4 is 68.3 Å². The van der Waals surface area contributed by atoms with Crippen LogP contribution in [0.2, 0.25) is 0 Å². The van der Waals surface area contributed by atoms with Crippen LogP contribution in [-0.2, 0) is 59.2 Å². The lowest BCUT2D eigenvalue weighted by Gasteiger charge is -2.21. The van der Waals surface area contributed by atoms with Crippen molar-refractivity contribution in [2.24, 2.45) is 11.8 Å². The summed E-state index contributed by atoms with van der Waals surface area (Å²) in [7, 11) is 0. The van der Waals surface area contributed by atoms with Gasteiger partial charge in [-0.1, -0.05) is 228 Å². The Balaban J connectivity index is 0.000000467. The van der Waals surface area contributed by atoms with Crippen LogP contribution in [0.4, 0.5) is 4.39 Å². The van der Waals surface area contributed by atoms with Gasteiger partial charge in [0.15, 0.2) is 60.7 Å². The molecule has 0 amide bonds. The quantitative estimate of drug-likeness (QED) is 0.0254. The molecule has 0 heterocycles. The molecule has 21 heteroatoms. The van der Waals surface area contributed by atoms with Crippen LogP contribution in [0.25, 0.3) is 0 Å². The molecule has 658 valence electrons. The minimum Gasteiger partial charge on any atom is -0.494 e. The lowest BCUT2D eigenvalue weighted by atomic mass is 9.84. The summed E-state index contributed by atoms with van der Waals surface area (Å²) in [5, 5.41) is 0. The third-order valence-electron chi connectivity index (χ3n) is 17.1. The van der Waals surface area contributed by atoms with E-state index in [-0.39, 0.29) is 38.9 Å². The summed E-state index contributed by atoms with van der Waals surface area (Å²) >= 11 is 1.66. The van der Waals surface area contributed by atoms with E-state index in [0.717, 1.165) is 191 Å². The highest BCUT2D eigenvalue weighted by molar-refractivity contribution is 7.99. The van der Waals surface area contributed by atoms with E-state index in [1.165, 1.54) is 59.0 Å². The summed E-state index contributed by atoms with van der Waals surface area (Å²) in [5.41, 5.74) is 6.06. The number of hydrogen-bond donors (Lipinski definition) is 0. The molecular formula is C101H127FO19S. The van der Waals surface area contributed by atoms with Crippen molar-refractivity contribution in [3.63, 3.8) is 0 Å². The third kappa shape index (κ3) is 48.5. The molecule has 0 aliphatic heterocycles. The van der Waals surface area contributed by atoms with Crippen molar-refractivity contribution in [1.82, 2.24) is 0 Å². The van der Waals surface area contributed by atoms with Gasteiger partial charge < -0.3 is 57.0 Å². The van der Waals surface area contributed by atoms with Gasteiger partial charge >= 0.3 is 0 Å². The van der Waals surface area contributed by atoms with Crippen LogP contribution in [0.15, 0.2) is 222 Å². The Labute approximate surface area is 727 Å². The van der Waals surface area contributed by atoms with E-state index in [9.17, 15) is 47.5 Å². The highest BCUT2D eigenvalue weighted by atomic mass is 32.2. The minimum absolute atomic E-state index is 0.0614. The van der Waals surface area contributed by atoms with E-state index >= 15 is 0 Å². The van der Waals surface area contributed by atoms with Crippen LogP contribution >= 0.6 is 11.8 Å². The molecule has 0 spiro atoms. The molecule has 122 heavy (non-hydrogen) atoms. The maximum absolute atomic E-state index is 12.9. The van der Waals surface area contributed by atoms with Gasteiger partial charge in [-0.15, -0.1) is 0 Å². The van der Waals surface area contributed by atoms with E-state index in [0.29, 0.717) is 79.4 Å². The molecule has 9 aromatic carbocycles. The van der Waals surface area contributed by atoms with Gasteiger partial charge in [-0.05, 0) is 172 Å². The van der Waals surface area contributed by atoms with Crippen LogP contribution in [0.5, 0.6) is 57.5 Å². The Bertz CT molecular complexity index is 4220. The topological polar surface area (TPSA) is 246 Å². The van der Waals surface area contributed by atoms with Crippen LogP contribution < -0.4 is 47.4 Å². The maximum atomic E-state index is 12.9. The summed E-state index contributed by atoms with van der Waals surface area (Å²) in [6.07, 6.45) is 24.9. The summed E-state index contributed by atoms with van der Waals surface area (Å²) in [5.74, 6) is 7.60. The largest absolute Gasteiger partial charge is 0.494 e. The number of carbonyl (C=O) groups excluding carboxylic acids is 9. The first-order valence-electron chi connectivity index (χ1n) is 42.1. The van der Waals surface area contributed by atoms with Crippen LogP contribution in [0.1, 0.15) is 189 Å². The normalized spacial score (nSPS) is 11.7. The van der Waals surface area contributed by atoms with Gasteiger partial charge in [0.2, 0.25) is 0 Å². The fourth-order valence-corrected chi connectivity index (χ4v) is 12.0. The van der Waals surface area contributed by atoms with Crippen molar-refractivity contribution in [2.75, 3.05) is 66.1 Å². The predicted molar refractivity (Wildman–Crippen MR) is 483 cm³/mol. The molecule has 9 aromatic rings. The summed E-state index contributed by atoms with van der Waals surface area (Å²) in [6, 6.07) is 65.1. The zero-order chi connectivity index (χ0) is 89.1. The van der Waals surface area contributed by atoms with Crippen LogP contribution in [-0.4, -0.2) is 123 Å². The number of aldehydes is 9. The lowest BCUT2D eigenvalue weighted by Crippen LogP contribution is -2.12. The number of benzene rings is 9. The molecule has 0 aromatic heterocycles. The first-order valence-corrected chi connectivity index (χ1v) is 42.9. The smallest absolute Gasteiger partial charge is 0.164 e. The summed E-state index contributed by atoms with van der Waals surface area (Å²) in [4.78, 5) is 94.9. The molecule has 0 N–H and O–H groups in total. The Morgan fingerprint density at radius 2 is 0.746 bits per heavy atom. The van der Waals surface area contributed by atoms with Gasteiger partial charge in [-0.2, -0.15) is 0 Å². The van der Waals surface area contributed by atoms with E-state index in [4.69, 9.17) is 47.4 Å². The number of halogens is 1. The van der Waals surface area contributed by atoms with Gasteiger partial charge in [0.05, 0.1) is 33.0 Å². The maximum Gasteiger partial charge on any atom is 0.164 e. The van der Waals surface area contributed by atoms with Gasteiger partial charge in [-0.25, -0.2) is 4.39 Å². The second kappa shape index (κ2) is 72.1. The average Bonchev–Trinajstić information content (AvgIpc) is 0.864. The van der Waals surface area contributed by atoms with Crippen molar-refractivity contribution in [1.29, 1.82) is 0 Å². The summed E-state index contributed by atoms with van der Waals surface area (Å²) < 4.78 is 65.9. The standard InChI is InChI=1S/C15H14OS.C12H16O2.C11H13FO3.2C11H14O3.3C11H14O2.C8H14O/c1-2-12-7-3-5-9-14(12)17-15-10-6-4-8-13(15)11-16;1-2-3-6-11-7-4-5-8-12(11)14-10-9-13;1-2-6-14-11-8-9(12)3-4-10(11)15-7-5-13;1-2-7-13-10-4-3-5-11(9-10)14-8-6-12;1-2-8-13-10-5-3-4-6-11(10)14-9-7-12;1-2-9-13-11-6-4-3-5-10(11)7-8-12;1-2-5-10-6-3-4-7-11(10)13-9-8-12;1-2-3-7-13-11-6-4-5-10(8-11)9-12;1-7-2-4-8(6-9)5-3-7/h3-11H,2H2,1H3;4-5,7-9H,2-3,6,10H2,1H3;3-5,8H,2,6-7H2,1H3;3-6,9H,2,7-8H2,1H3;3-7H,2,8-9H2,1H3;3-6,8H,2,7,9H2,1H3;3-4,6-8H,2,5,9H2,1H3;4-6,8-9H,2-3,7H2,1H3;6-8H,2-5H2,1H3. The number of rotatable bonds is 44. The molecule has 0 radical (unpaired) electrons. The first kappa shape index (κ1) is 106. The number of hydrogen-bond acceptors (Lipinski definition) is 20. The Morgan fingerprint density at radius 1 is 0.328 bits per heavy atom. The van der Waals surface area contributed by atoms with Gasteiger partial charge in [0.25, 0.3) is 0 Å². The van der Waals surface area contributed by atoms with E-state index in [1.807, 2.05) is 160 Å². The average molecular weight is 1700 g/mol. The van der Waals surface area contributed by atoms with Crippen LogP contribution in [0, 0.1) is 17.7 Å². The molecule has 1 aliphatic rings. The van der Waals surface area contributed by atoms with Crippen molar-refractivity contribution in [2.45, 2.75) is 181 Å². The van der Waals surface area contributed by atoms with E-state index in [1.54, 1.807) is 42.1 Å². The molecule has 0 unspecified atom stereocenters. The molecule has 0 saturated heterocycles. The Hall–Kier alpha value is -11.7. The minimum atomic E-state index is -0.389. The Kier molecular flexibility index (Phi) is 62.9. The molecule has 0 atom stereocenters. The molecule has 1 fully saturated rings.